The van der Waals surface area contributed by atoms with Crippen LogP contribution in [0.5, 0.6) is 0 Å². The molecular weight excluding hydrogens is 314 g/mol. The minimum absolute atomic E-state index is 0.286. The smallest absolute Gasteiger partial charge is 0.296 e. The second kappa shape index (κ2) is 7.61. The highest BCUT2D eigenvalue weighted by Gasteiger charge is 2.14. The second-order valence-electron chi connectivity index (χ2n) is 4.87. The molecule has 2 rings (SSSR count). The van der Waals surface area contributed by atoms with Gasteiger partial charge in [0.1, 0.15) is 5.76 Å². The minimum atomic E-state index is -0.830. The van der Waals surface area contributed by atoms with Gasteiger partial charge in [-0.25, -0.2) is 0 Å². The van der Waals surface area contributed by atoms with E-state index in [1.54, 1.807) is 36.4 Å². The van der Waals surface area contributed by atoms with Crippen molar-refractivity contribution < 1.29 is 14.7 Å². The maximum Gasteiger partial charge on any atom is 0.296 e. The van der Waals surface area contributed by atoms with Gasteiger partial charge in [-0.1, -0.05) is 36.7 Å². The Kier molecular flexibility index (Phi) is 5.55. The third kappa shape index (κ3) is 4.44. The first-order valence-electron chi connectivity index (χ1n) is 7.11. The predicted octanol–water partition coefficient (Wildman–Crippen LogP) is 4.01. The molecule has 2 N–H and O–H groups in total. The summed E-state index contributed by atoms with van der Waals surface area (Å²) < 4.78 is 0. The summed E-state index contributed by atoms with van der Waals surface area (Å²) in [6.07, 6.45) is 1.63. The van der Waals surface area contributed by atoms with Crippen molar-refractivity contribution in [3.05, 3.63) is 70.8 Å². The molecule has 1 amide bonds. The van der Waals surface area contributed by atoms with Crippen LogP contribution in [-0.2, 0) is 16.0 Å². The molecule has 0 radical (unpaired) electrons. The van der Waals surface area contributed by atoms with E-state index in [0.29, 0.717) is 16.3 Å². The van der Waals surface area contributed by atoms with Crippen LogP contribution in [0.4, 0.5) is 5.69 Å². The number of para-hydroxylation sites is 1. The van der Waals surface area contributed by atoms with Crippen molar-refractivity contribution in [1.82, 2.24) is 0 Å². The van der Waals surface area contributed by atoms with Gasteiger partial charge in [0.2, 0.25) is 5.78 Å². The van der Waals surface area contributed by atoms with Crippen molar-refractivity contribution in [2.24, 2.45) is 0 Å². The molecule has 0 saturated heterocycles. The average Bonchev–Trinajstić information content (AvgIpc) is 2.55. The van der Waals surface area contributed by atoms with Crippen LogP contribution < -0.4 is 5.32 Å². The Morgan fingerprint density at radius 1 is 1.13 bits per heavy atom. The summed E-state index contributed by atoms with van der Waals surface area (Å²) in [5.74, 6) is -1.92. The van der Waals surface area contributed by atoms with E-state index in [4.69, 9.17) is 11.6 Å². The van der Waals surface area contributed by atoms with Crippen molar-refractivity contribution in [2.75, 3.05) is 5.32 Å². The number of carbonyl (C=O) groups is 2. The Balaban J connectivity index is 2.12. The summed E-state index contributed by atoms with van der Waals surface area (Å²) in [7, 11) is 0. The number of nitrogens with one attached hydrogen (secondary N) is 1. The zero-order valence-corrected chi connectivity index (χ0v) is 13.3. The molecule has 5 heteroatoms. The first kappa shape index (κ1) is 16.8. The number of rotatable bonds is 5. The number of hydrogen-bond donors (Lipinski definition) is 2. The van der Waals surface area contributed by atoms with Crippen molar-refractivity contribution in [1.29, 1.82) is 0 Å². The van der Waals surface area contributed by atoms with E-state index < -0.39 is 11.7 Å². The zero-order valence-electron chi connectivity index (χ0n) is 12.5. The monoisotopic (exact) mass is 329 g/mol. The molecule has 0 spiro atoms. The Bertz CT molecular complexity index is 751. The molecule has 0 unspecified atom stereocenters. The number of benzene rings is 2. The molecule has 0 bridgehead atoms. The molecule has 0 aliphatic heterocycles. The highest BCUT2D eigenvalue weighted by Crippen LogP contribution is 2.17. The van der Waals surface area contributed by atoms with E-state index in [-0.39, 0.29) is 5.76 Å². The fourth-order valence-electron chi connectivity index (χ4n) is 2.03. The molecular formula is C18H16ClNO3. The average molecular weight is 330 g/mol. The first-order chi connectivity index (χ1) is 11.0. The lowest BCUT2D eigenvalue weighted by atomic mass is 10.1. The highest BCUT2D eigenvalue weighted by molar-refractivity contribution is 6.45. The van der Waals surface area contributed by atoms with Crippen molar-refractivity contribution in [3.63, 3.8) is 0 Å². The Labute approximate surface area is 139 Å². The maximum atomic E-state index is 12.0. The molecule has 2 aromatic rings. The fourth-order valence-corrected chi connectivity index (χ4v) is 2.15. The molecule has 23 heavy (non-hydrogen) atoms. The Morgan fingerprint density at radius 2 is 1.78 bits per heavy atom. The van der Waals surface area contributed by atoms with Crippen LogP contribution in [0.25, 0.3) is 5.76 Å². The Hall–Kier alpha value is -2.59. The maximum absolute atomic E-state index is 12.0. The van der Waals surface area contributed by atoms with Gasteiger partial charge >= 0.3 is 0 Å². The number of aryl methyl sites for hydroxylation is 1. The van der Waals surface area contributed by atoms with Crippen molar-refractivity contribution >= 4 is 34.7 Å². The predicted molar refractivity (Wildman–Crippen MR) is 91.5 cm³/mol. The summed E-state index contributed by atoms with van der Waals surface area (Å²) in [5, 5.41) is 13.0. The lowest BCUT2D eigenvalue weighted by Crippen LogP contribution is -2.21. The van der Waals surface area contributed by atoms with Gasteiger partial charge in [0.05, 0.1) is 0 Å². The van der Waals surface area contributed by atoms with E-state index in [1.165, 1.54) is 0 Å². The largest absolute Gasteiger partial charge is 0.507 e. The first-order valence-corrected chi connectivity index (χ1v) is 7.49. The van der Waals surface area contributed by atoms with Gasteiger partial charge in [-0.2, -0.15) is 0 Å². The second-order valence-corrected chi connectivity index (χ2v) is 5.30. The van der Waals surface area contributed by atoms with Gasteiger partial charge in [0, 0.05) is 22.3 Å². The number of hydrogen-bond acceptors (Lipinski definition) is 3. The van der Waals surface area contributed by atoms with Crippen LogP contribution in [-0.4, -0.2) is 16.8 Å². The zero-order chi connectivity index (χ0) is 16.8. The normalized spacial score (nSPS) is 11.1. The number of anilines is 1. The van der Waals surface area contributed by atoms with Crippen LogP contribution in [0, 0.1) is 0 Å². The molecule has 2 aromatic carbocycles. The van der Waals surface area contributed by atoms with Gasteiger partial charge in [-0.3, -0.25) is 9.59 Å². The molecule has 0 fully saturated rings. The lowest BCUT2D eigenvalue weighted by Gasteiger charge is -2.08. The summed E-state index contributed by atoms with van der Waals surface area (Å²) in [5.41, 5.74) is 1.93. The molecule has 0 atom stereocenters. The summed E-state index contributed by atoms with van der Waals surface area (Å²) in [6, 6.07) is 13.5. The summed E-state index contributed by atoms with van der Waals surface area (Å²) in [6.45, 7) is 1.96. The highest BCUT2D eigenvalue weighted by atomic mass is 35.5. The molecule has 118 valence electrons. The molecule has 0 saturated carbocycles. The van der Waals surface area contributed by atoms with Crippen LogP contribution in [0.2, 0.25) is 5.02 Å². The van der Waals surface area contributed by atoms with Crippen molar-refractivity contribution in [3.8, 4) is 0 Å². The SMILES string of the molecule is CCc1ccccc1NC(=O)C(=O)/C=C(\O)c1ccc(Cl)cc1. The van der Waals surface area contributed by atoms with Gasteiger partial charge in [-0.05, 0) is 42.3 Å². The standard InChI is InChI=1S/C18H16ClNO3/c1-2-12-5-3-4-6-15(12)20-18(23)17(22)11-16(21)13-7-9-14(19)10-8-13/h3-11,21H,2H2,1H3,(H,20,23)/b16-11-. The summed E-state index contributed by atoms with van der Waals surface area (Å²) in [4.78, 5) is 23.9. The molecule has 0 heterocycles. The van der Waals surface area contributed by atoms with Crippen LogP contribution >= 0.6 is 11.6 Å². The van der Waals surface area contributed by atoms with Crippen LogP contribution in [0.3, 0.4) is 0 Å². The number of ketones is 1. The molecule has 4 nitrogen and oxygen atoms in total. The van der Waals surface area contributed by atoms with Crippen LogP contribution in [0.15, 0.2) is 54.6 Å². The van der Waals surface area contributed by atoms with E-state index in [2.05, 4.69) is 5.32 Å². The van der Waals surface area contributed by atoms with Gasteiger partial charge in [0.25, 0.3) is 5.91 Å². The number of carbonyl (C=O) groups excluding carboxylic acids is 2. The number of halogens is 1. The topological polar surface area (TPSA) is 66.4 Å². The van der Waals surface area contributed by atoms with Gasteiger partial charge < -0.3 is 10.4 Å². The van der Waals surface area contributed by atoms with E-state index >= 15 is 0 Å². The van der Waals surface area contributed by atoms with E-state index in [1.807, 2.05) is 19.1 Å². The third-order valence-corrected chi connectivity index (χ3v) is 3.53. The van der Waals surface area contributed by atoms with E-state index in [0.717, 1.165) is 18.1 Å². The van der Waals surface area contributed by atoms with Gasteiger partial charge in [0.15, 0.2) is 0 Å². The molecule has 0 aliphatic carbocycles. The van der Waals surface area contributed by atoms with Gasteiger partial charge in [-0.15, -0.1) is 0 Å². The number of aliphatic hydroxyl groups excluding tert-OH is 1. The summed E-state index contributed by atoms with van der Waals surface area (Å²) >= 11 is 5.76. The quantitative estimate of drug-likeness (QED) is 0.495. The third-order valence-electron chi connectivity index (χ3n) is 3.28. The lowest BCUT2D eigenvalue weighted by molar-refractivity contribution is -0.131. The van der Waals surface area contributed by atoms with Crippen LogP contribution in [0.1, 0.15) is 18.1 Å². The fraction of sp³-hybridized carbons (Fsp3) is 0.111. The van der Waals surface area contributed by atoms with Crippen molar-refractivity contribution in [2.45, 2.75) is 13.3 Å². The van der Waals surface area contributed by atoms with E-state index in [9.17, 15) is 14.7 Å². The molecule has 0 aromatic heterocycles. The number of aliphatic hydroxyl groups is 1. The Morgan fingerprint density at radius 3 is 2.43 bits per heavy atom. The molecule has 0 aliphatic rings. The minimum Gasteiger partial charge on any atom is -0.507 e. The number of amides is 1.